The molecule has 7 heteroatoms. The fourth-order valence-electron chi connectivity index (χ4n) is 4.01. The highest BCUT2D eigenvalue weighted by atomic mass is 16.3. The van der Waals surface area contributed by atoms with Gasteiger partial charge in [0.1, 0.15) is 22.5 Å². The van der Waals surface area contributed by atoms with Gasteiger partial charge in [-0.05, 0) is 66.6 Å². The van der Waals surface area contributed by atoms with Crippen LogP contribution in [-0.4, -0.2) is 38.7 Å². The summed E-state index contributed by atoms with van der Waals surface area (Å²) in [7, 11) is 1.93. The number of hydrogen-bond acceptors (Lipinski definition) is 6. The topological polar surface area (TPSA) is 88.3 Å². The lowest BCUT2D eigenvalue weighted by Crippen LogP contribution is -2.17. The van der Waals surface area contributed by atoms with E-state index in [1.807, 2.05) is 79.5 Å². The Balaban J connectivity index is 1.39. The summed E-state index contributed by atoms with van der Waals surface area (Å²) >= 11 is 0. The average molecular weight is 450 g/mol. The van der Waals surface area contributed by atoms with E-state index in [1.54, 1.807) is 6.08 Å². The van der Waals surface area contributed by atoms with Crippen LogP contribution in [-0.2, 0) is 16.1 Å². The number of ketones is 2. The van der Waals surface area contributed by atoms with Gasteiger partial charge in [0.15, 0.2) is 11.6 Å². The van der Waals surface area contributed by atoms with Crippen LogP contribution in [0.15, 0.2) is 78.4 Å². The van der Waals surface area contributed by atoms with Crippen LogP contribution < -0.4 is 4.90 Å². The number of fused-ring (bicyclic) bond motifs is 1. The minimum Gasteiger partial charge on any atom is -0.505 e. The number of aromatic nitrogens is 3. The zero-order valence-corrected chi connectivity index (χ0v) is 18.8. The first-order valence-electron chi connectivity index (χ1n) is 10.8. The summed E-state index contributed by atoms with van der Waals surface area (Å²) in [6.45, 7) is 2.43. The Labute approximate surface area is 196 Å². The number of aryl methyl sites for hydroxylation is 1. The van der Waals surface area contributed by atoms with Gasteiger partial charge in [-0.3, -0.25) is 9.59 Å². The summed E-state index contributed by atoms with van der Waals surface area (Å²) < 4.78 is 0. The van der Waals surface area contributed by atoms with Crippen LogP contribution in [0.25, 0.3) is 22.8 Å². The van der Waals surface area contributed by atoms with E-state index in [9.17, 15) is 14.7 Å². The first kappa shape index (κ1) is 21.3. The van der Waals surface area contributed by atoms with E-state index in [-0.39, 0.29) is 22.9 Å². The quantitative estimate of drug-likeness (QED) is 0.363. The summed E-state index contributed by atoms with van der Waals surface area (Å²) in [5, 5.41) is 20.0. The molecule has 1 aliphatic rings. The summed E-state index contributed by atoms with van der Waals surface area (Å²) in [4.78, 5) is 27.1. The van der Waals surface area contributed by atoms with Gasteiger partial charge < -0.3 is 10.0 Å². The van der Waals surface area contributed by atoms with Crippen molar-refractivity contribution < 1.29 is 14.7 Å². The van der Waals surface area contributed by atoms with Gasteiger partial charge in [-0.2, -0.15) is 0 Å². The zero-order chi connectivity index (χ0) is 23.8. The van der Waals surface area contributed by atoms with E-state index in [2.05, 4.69) is 10.2 Å². The molecule has 34 heavy (non-hydrogen) atoms. The Hall–Kier alpha value is -4.52. The van der Waals surface area contributed by atoms with Crippen molar-refractivity contribution in [2.75, 3.05) is 11.9 Å². The highest BCUT2D eigenvalue weighted by molar-refractivity contribution is 6.35. The number of allylic oxidation sites excluding steroid dienone is 3. The minimum atomic E-state index is -0.267. The maximum Gasteiger partial charge on any atom is 0.189 e. The Morgan fingerprint density at radius 3 is 2.18 bits per heavy atom. The fraction of sp³-hybridized carbons (Fsp3) is 0.111. The molecule has 0 spiro atoms. The molecule has 1 N–H and O–H groups in total. The highest BCUT2D eigenvalue weighted by Gasteiger charge is 2.20. The molecule has 1 heterocycles. The molecule has 0 atom stereocenters. The summed E-state index contributed by atoms with van der Waals surface area (Å²) in [5.74, 6) is -0.405. The Morgan fingerprint density at radius 1 is 0.941 bits per heavy atom. The van der Waals surface area contributed by atoms with Gasteiger partial charge in [0.25, 0.3) is 0 Å². The van der Waals surface area contributed by atoms with Crippen molar-refractivity contribution in [1.82, 2.24) is 15.0 Å². The number of phenols is 1. The second-order valence-electron chi connectivity index (χ2n) is 8.34. The van der Waals surface area contributed by atoms with Crippen molar-refractivity contribution in [3.8, 4) is 11.4 Å². The van der Waals surface area contributed by atoms with Crippen molar-refractivity contribution in [2.24, 2.45) is 0 Å². The van der Waals surface area contributed by atoms with Gasteiger partial charge in [-0.25, -0.2) is 0 Å². The van der Waals surface area contributed by atoms with E-state index in [0.29, 0.717) is 12.2 Å². The van der Waals surface area contributed by atoms with E-state index in [4.69, 9.17) is 0 Å². The lowest BCUT2D eigenvalue weighted by Gasteiger charge is -2.21. The maximum absolute atomic E-state index is 11.8. The van der Waals surface area contributed by atoms with Gasteiger partial charge in [0.05, 0.1) is 5.57 Å². The van der Waals surface area contributed by atoms with Gasteiger partial charge in [0.2, 0.25) is 0 Å². The average Bonchev–Trinajstić information content (AvgIpc) is 3.40. The van der Waals surface area contributed by atoms with Crippen LogP contribution in [0.1, 0.15) is 16.7 Å². The third-order valence-corrected chi connectivity index (χ3v) is 5.78. The number of carbonyl (C=O) groups is 2. The number of rotatable bonds is 5. The Bertz CT molecular complexity index is 1440. The van der Waals surface area contributed by atoms with Crippen LogP contribution >= 0.6 is 0 Å². The predicted molar refractivity (Wildman–Crippen MR) is 131 cm³/mol. The van der Waals surface area contributed by atoms with E-state index in [1.165, 1.54) is 16.9 Å². The third-order valence-electron chi connectivity index (χ3n) is 5.78. The standard InChI is InChI=1S/C27H22N4O3/c1-17-13-19(27(34)24(14-17)31-28-22-5-3-4-6-23(22)29-31)16-30(2)20-9-7-18(8-10-20)15-21-25(32)11-12-26(21)33/h3-15,34H,16H2,1-2H3. The molecule has 5 rings (SSSR count). The molecule has 3 aromatic carbocycles. The molecule has 0 fully saturated rings. The molecule has 0 bridgehead atoms. The normalized spacial score (nSPS) is 13.2. The minimum absolute atomic E-state index is 0.130. The highest BCUT2D eigenvalue weighted by Crippen LogP contribution is 2.30. The third kappa shape index (κ3) is 3.99. The van der Waals surface area contributed by atoms with Crippen molar-refractivity contribution in [1.29, 1.82) is 0 Å². The molecule has 168 valence electrons. The molecule has 1 aliphatic carbocycles. The summed E-state index contributed by atoms with van der Waals surface area (Å²) in [6, 6.07) is 18.9. The molecular formula is C27H22N4O3. The predicted octanol–water partition coefficient (Wildman–Crippen LogP) is 4.16. The van der Waals surface area contributed by atoms with Crippen molar-refractivity contribution in [3.63, 3.8) is 0 Å². The molecule has 4 aromatic rings. The number of aromatic hydroxyl groups is 1. The van der Waals surface area contributed by atoms with E-state index < -0.39 is 0 Å². The lowest BCUT2D eigenvalue weighted by molar-refractivity contribution is -0.115. The smallest absolute Gasteiger partial charge is 0.189 e. The van der Waals surface area contributed by atoms with Crippen molar-refractivity contribution in [3.05, 3.63) is 95.1 Å². The van der Waals surface area contributed by atoms with Crippen molar-refractivity contribution >= 4 is 34.4 Å². The molecule has 0 saturated heterocycles. The molecule has 0 amide bonds. The van der Waals surface area contributed by atoms with Crippen LogP contribution in [0.4, 0.5) is 5.69 Å². The molecule has 1 aromatic heterocycles. The lowest BCUT2D eigenvalue weighted by atomic mass is 10.1. The maximum atomic E-state index is 11.8. The molecule has 0 saturated carbocycles. The number of hydrogen-bond donors (Lipinski definition) is 1. The number of benzene rings is 3. The molecule has 0 radical (unpaired) electrons. The SMILES string of the molecule is Cc1cc(CN(C)c2ccc(C=C3C(=O)C=CC3=O)cc2)c(O)c(-n2nc3ccccc3n2)c1. The molecule has 0 aliphatic heterocycles. The van der Waals surface area contributed by atoms with Crippen LogP contribution in [0, 0.1) is 6.92 Å². The monoisotopic (exact) mass is 450 g/mol. The zero-order valence-electron chi connectivity index (χ0n) is 18.8. The molecular weight excluding hydrogens is 428 g/mol. The molecule has 7 nitrogen and oxygen atoms in total. The van der Waals surface area contributed by atoms with Gasteiger partial charge in [-0.15, -0.1) is 15.0 Å². The summed E-state index contributed by atoms with van der Waals surface area (Å²) in [5.41, 5.74) is 5.66. The van der Waals surface area contributed by atoms with E-state index >= 15 is 0 Å². The van der Waals surface area contributed by atoms with Crippen LogP contribution in [0.5, 0.6) is 5.75 Å². The number of phenolic OH excluding ortho intramolecular Hbond substituents is 1. The van der Waals surface area contributed by atoms with Gasteiger partial charge >= 0.3 is 0 Å². The number of nitrogens with zero attached hydrogens (tertiary/aromatic N) is 4. The Kier molecular flexibility index (Phi) is 5.30. The van der Waals surface area contributed by atoms with Crippen molar-refractivity contribution in [2.45, 2.75) is 13.5 Å². The van der Waals surface area contributed by atoms with Gasteiger partial charge in [-0.1, -0.05) is 30.3 Å². The van der Waals surface area contributed by atoms with Crippen LogP contribution in [0.3, 0.4) is 0 Å². The van der Waals surface area contributed by atoms with Crippen LogP contribution in [0.2, 0.25) is 0 Å². The largest absolute Gasteiger partial charge is 0.505 e. The number of carbonyl (C=O) groups excluding carboxylic acids is 2. The summed E-state index contributed by atoms with van der Waals surface area (Å²) in [6.07, 6.45) is 4.19. The second-order valence-corrected chi connectivity index (χ2v) is 8.34. The molecule has 0 unspecified atom stereocenters. The second kappa shape index (κ2) is 8.44. The van der Waals surface area contributed by atoms with Gasteiger partial charge in [0, 0.05) is 24.8 Å². The van der Waals surface area contributed by atoms with E-state index in [0.717, 1.165) is 33.4 Å². The first-order valence-corrected chi connectivity index (χ1v) is 10.8. The Morgan fingerprint density at radius 2 is 1.56 bits per heavy atom. The number of anilines is 1. The first-order chi connectivity index (χ1) is 16.4. The fourth-order valence-corrected chi connectivity index (χ4v) is 4.01.